The molecule has 1 aliphatic rings. The lowest BCUT2D eigenvalue weighted by Gasteiger charge is -2.32. The molecular formula is C27H31BO2. The third-order valence-corrected chi connectivity index (χ3v) is 6.62. The van der Waals surface area contributed by atoms with Crippen molar-refractivity contribution in [3.05, 3.63) is 90.0 Å². The van der Waals surface area contributed by atoms with Gasteiger partial charge in [-0.2, -0.15) is 0 Å². The fraction of sp³-hybridized carbons (Fsp3) is 0.333. The fourth-order valence-corrected chi connectivity index (χ4v) is 4.14. The highest BCUT2D eigenvalue weighted by Gasteiger charge is 2.51. The van der Waals surface area contributed by atoms with Gasteiger partial charge in [-0.25, -0.2) is 0 Å². The lowest BCUT2D eigenvalue weighted by Crippen LogP contribution is -2.41. The third kappa shape index (κ3) is 3.97. The Bertz CT molecular complexity index is 980. The molecule has 0 aromatic heterocycles. The third-order valence-electron chi connectivity index (χ3n) is 6.62. The summed E-state index contributed by atoms with van der Waals surface area (Å²) >= 11 is 0. The first kappa shape index (κ1) is 20.9. The van der Waals surface area contributed by atoms with Crippen molar-refractivity contribution in [2.45, 2.75) is 58.2 Å². The molecule has 0 radical (unpaired) electrons. The van der Waals surface area contributed by atoms with Crippen molar-refractivity contribution in [1.29, 1.82) is 0 Å². The van der Waals surface area contributed by atoms with Gasteiger partial charge in [-0.3, -0.25) is 0 Å². The highest BCUT2D eigenvalue weighted by molar-refractivity contribution is 6.62. The summed E-state index contributed by atoms with van der Waals surface area (Å²) in [6.07, 6.45) is 1.03. The Balaban J connectivity index is 1.82. The van der Waals surface area contributed by atoms with Crippen LogP contribution in [0.15, 0.2) is 78.9 Å². The smallest absolute Gasteiger partial charge is 0.399 e. The van der Waals surface area contributed by atoms with E-state index in [1.165, 1.54) is 22.3 Å². The highest BCUT2D eigenvalue weighted by atomic mass is 16.7. The molecule has 1 unspecified atom stereocenters. The van der Waals surface area contributed by atoms with Crippen molar-refractivity contribution in [3.63, 3.8) is 0 Å². The van der Waals surface area contributed by atoms with Gasteiger partial charge in [0.1, 0.15) is 0 Å². The van der Waals surface area contributed by atoms with Gasteiger partial charge in [-0.05, 0) is 61.8 Å². The van der Waals surface area contributed by atoms with Crippen molar-refractivity contribution in [1.82, 2.24) is 0 Å². The minimum Gasteiger partial charge on any atom is -0.399 e. The molecule has 0 aliphatic carbocycles. The lowest BCUT2D eigenvalue weighted by atomic mass is 9.75. The molecule has 0 bridgehead atoms. The van der Waals surface area contributed by atoms with Crippen LogP contribution in [0.5, 0.6) is 0 Å². The minimum absolute atomic E-state index is 0.330. The molecule has 1 saturated heterocycles. The summed E-state index contributed by atoms with van der Waals surface area (Å²) in [4.78, 5) is 0. The van der Waals surface area contributed by atoms with Crippen LogP contribution in [0.2, 0.25) is 0 Å². The summed E-state index contributed by atoms with van der Waals surface area (Å²) in [5, 5.41) is 0. The van der Waals surface area contributed by atoms with Crippen LogP contribution in [-0.4, -0.2) is 18.3 Å². The lowest BCUT2D eigenvalue weighted by molar-refractivity contribution is 0.00578. The van der Waals surface area contributed by atoms with Gasteiger partial charge in [-0.1, -0.05) is 85.8 Å². The quantitative estimate of drug-likeness (QED) is 0.477. The van der Waals surface area contributed by atoms with Gasteiger partial charge in [0.15, 0.2) is 0 Å². The van der Waals surface area contributed by atoms with Gasteiger partial charge in [-0.15, -0.1) is 0 Å². The molecule has 0 spiro atoms. The average molecular weight is 398 g/mol. The zero-order chi connectivity index (χ0) is 21.4. The predicted octanol–water partition coefficient (Wildman–Crippen LogP) is 6.19. The Kier molecular flexibility index (Phi) is 5.61. The molecule has 3 aromatic rings. The summed E-state index contributed by atoms with van der Waals surface area (Å²) < 4.78 is 12.8. The summed E-state index contributed by atoms with van der Waals surface area (Å²) in [6.45, 7) is 10.7. The van der Waals surface area contributed by atoms with Crippen LogP contribution in [0.3, 0.4) is 0 Å². The first-order valence-corrected chi connectivity index (χ1v) is 10.9. The second-order valence-corrected chi connectivity index (χ2v) is 9.21. The Labute approximate surface area is 181 Å². The molecule has 154 valence electrons. The number of benzene rings is 3. The fourth-order valence-electron chi connectivity index (χ4n) is 4.14. The zero-order valence-corrected chi connectivity index (χ0v) is 18.7. The van der Waals surface area contributed by atoms with Crippen LogP contribution >= 0.6 is 0 Å². The molecule has 3 heteroatoms. The van der Waals surface area contributed by atoms with E-state index >= 15 is 0 Å². The van der Waals surface area contributed by atoms with Crippen molar-refractivity contribution in [3.8, 4) is 11.1 Å². The summed E-state index contributed by atoms with van der Waals surface area (Å²) in [6, 6.07) is 28.1. The SMILES string of the molecule is CCC(c1ccccc1)c1cc(B2OC(C)(C)C(C)(C)O2)cc(-c2ccccc2)c1. The van der Waals surface area contributed by atoms with Crippen LogP contribution in [0.1, 0.15) is 58.1 Å². The zero-order valence-electron chi connectivity index (χ0n) is 18.7. The molecule has 1 fully saturated rings. The topological polar surface area (TPSA) is 18.5 Å². The minimum atomic E-state index is -0.370. The van der Waals surface area contributed by atoms with Crippen molar-refractivity contribution < 1.29 is 9.31 Å². The van der Waals surface area contributed by atoms with Gasteiger partial charge >= 0.3 is 7.12 Å². The molecule has 0 amide bonds. The van der Waals surface area contributed by atoms with E-state index in [2.05, 4.69) is 113 Å². The molecule has 3 aromatic carbocycles. The summed E-state index contributed by atoms with van der Waals surface area (Å²) in [5.41, 5.74) is 5.42. The van der Waals surface area contributed by atoms with E-state index < -0.39 is 0 Å². The first-order chi connectivity index (χ1) is 14.3. The van der Waals surface area contributed by atoms with E-state index in [1.807, 2.05) is 0 Å². The van der Waals surface area contributed by atoms with Crippen molar-refractivity contribution in [2.75, 3.05) is 0 Å². The molecule has 1 atom stereocenters. The Morgan fingerprint density at radius 3 is 1.83 bits per heavy atom. The summed E-state index contributed by atoms with van der Waals surface area (Å²) in [7, 11) is -0.370. The van der Waals surface area contributed by atoms with E-state index in [0.717, 1.165) is 11.9 Å². The molecule has 4 rings (SSSR count). The molecule has 2 nitrogen and oxygen atoms in total. The predicted molar refractivity (Wildman–Crippen MR) is 126 cm³/mol. The molecule has 0 saturated carbocycles. The Morgan fingerprint density at radius 1 is 0.700 bits per heavy atom. The van der Waals surface area contributed by atoms with Gasteiger partial charge in [0.25, 0.3) is 0 Å². The van der Waals surface area contributed by atoms with Crippen LogP contribution in [0.4, 0.5) is 0 Å². The van der Waals surface area contributed by atoms with Gasteiger partial charge < -0.3 is 9.31 Å². The van der Waals surface area contributed by atoms with Gasteiger partial charge in [0, 0.05) is 5.92 Å². The van der Waals surface area contributed by atoms with Gasteiger partial charge in [0.2, 0.25) is 0 Å². The standard InChI is InChI=1S/C27H31BO2/c1-6-25(21-15-11-8-12-16-21)23-17-22(20-13-9-7-10-14-20)18-24(19-23)28-29-26(2,3)27(4,5)30-28/h7-19,25H,6H2,1-5H3. The second kappa shape index (κ2) is 8.05. The van der Waals surface area contributed by atoms with E-state index in [0.29, 0.717) is 5.92 Å². The molecular weight excluding hydrogens is 367 g/mol. The van der Waals surface area contributed by atoms with E-state index in [-0.39, 0.29) is 18.3 Å². The molecule has 0 N–H and O–H groups in total. The normalized spacial score (nSPS) is 18.4. The van der Waals surface area contributed by atoms with E-state index in [4.69, 9.17) is 9.31 Å². The molecule has 1 heterocycles. The van der Waals surface area contributed by atoms with Crippen LogP contribution in [0, 0.1) is 0 Å². The molecule has 1 aliphatic heterocycles. The van der Waals surface area contributed by atoms with Crippen LogP contribution in [0.25, 0.3) is 11.1 Å². The van der Waals surface area contributed by atoms with Crippen molar-refractivity contribution in [2.24, 2.45) is 0 Å². The highest BCUT2D eigenvalue weighted by Crippen LogP contribution is 2.37. The van der Waals surface area contributed by atoms with E-state index in [1.54, 1.807) is 0 Å². The van der Waals surface area contributed by atoms with Crippen LogP contribution < -0.4 is 5.46 Å². The maximum atomic E-state index is 6.39. The molecule has 30 heavy (non-hydrogen) atoms. The Morgan fingerprint density at radius 2 is 1.27 bits per heavy atom. The van der Waals surface area contributed by atoms with E-state index in [9.17, 15) is 0 Å². The Hall–Kier alpha value is -2.36. The first-order valence-electron chi connectivity index (χ1n) is 10.9. The number of hydrogen-bond donors (Lipinski definition) is 0. The summed E-state index contributed by atoms with van der Waals surface area (Å²) in [5.74, 6) is 0.330. The number of rotatable bonds is 5. The maximum Gasteiger partial charge on any atom is 0.494 e. The van der Waals surface area contributed by atoms with Crippen LogP contribution in [-0.2, 0) is 9.31 Å². The monoisotopic (exact) mass is 398 g/mol. The van der Waals surface area contributed by atoms with Crippen molar-refractivity contribution >= 4 is 12.6 Å². The maximum absolute atomic E-state index is 6.39. The largest absolute Gasteiger partial charge is 0.494 e. The van der Waals surface area contributed by atoms with Gasteiger partial charge in [0.05, 0.1) is 11.2 Å². The number of hydrogen-bond acceptors (Lipinski definition) is 2. The second-order valence-electron chi connectivity index (χ2n) is 9.21. The average Bonchev–Trinajstić information content (AvgIpc) is 2.97.